The number of sulfonamides is 1. The zero-order valence-electron chi connectivity index (χ0n) is 16.8. The minimum absolute atomic E-state index is 0.168. The average Bonchev–Trinajstić information content (AvgIpc) is 2.69. The van der Waals surface area contributed by atoms with Gasteiger partial charge in [-0.1, -0.05) is 33.3 Å². The van der Waals surface area contributed by atoms with Gasteiger partial charge in [0.15, 0.2) is 0 Å². The third-order valence-corrected chi connectivity index (χ3v) is 7.39. The summed E-state index contributed by atoms with van der Waals surface area (Å²) in [5.41, 5.74) is 0.383. The summed E-state index contributed by atoms with van der Waals surface area (Å²) < 4.78 is 26.7. The number of amides is 1. The van der Waals surface area contributed by atoms with Crippen LogP contribution in [0.2, 0.25) is 0 Å². The third kappa shape index (κ3) is 5.53. The van der Waals surface area contributed by atoms with Crippen molar-refractivity contribution in [2.24, 2.45) is 0 Å². The summed E-state index contributed by atoms with van der Waals surface area (Å²) in [5.74, 6) is -0.225. The monoisotopic (exact) mass is 395 g/mol. The Balaban J connectivity index is 1.99. The number of hydrogen-bond acceptors (Lipinski definition) is 4. The number of rotatable bonds is 9. The molecule has 0 spiro atoms. The van der Waals surface area contributed by atoms with Gasteiger partial charge in [0, 0.05) is 37.8 Å². The van der Waals surface area contributed by atoms with E-state index < -0.39 is 10.0 Å². The van der Waals surface area contributed by atoms with Crippen molar-refractivity contribution in [3.05, 3.63) is 29.8 Å². The van der Waals surface area contributed by atoms with Crippen LogP contribution in [0, 0.1) is 0 Å². The molecule has 1 aromatic rings. The minimum atomic E-state index is -3.56. The van der Waals surface area contributed by atoms with Gasteiger partial charge in [-0.05, 0) is 44.0 Å². The molecule has 2 rings (SSSR count). The van der Waals surface area contributed by atoms with Crippen molar-refractivity contribution in [3.8, 4) is 0 Å². The SMILES string of the molecule is CCC1CCCCN1CCNC(=O)c1cccc(S(=O)(=O)N(CC)CC)c1. The van der Waals surface area contributed by atoms with Crippen LogP contribution in [-0.2, 0) is 10.0 Å². The first kappa shape index (κ1) is 21.9. The number of nitrogens with one attached hydrogen (secondary N) is 1. The highest BCUT2D eigenvalue weighted by molar-refractivity contribution is 7.89. The van der Waals surface area contributed by atoms with Crippen LogP contribution in [0.1, 0.15) is 56.8 Å². The van der Waals surface area contributed by atoms with E-state index in [4.69, 9.17) is 0 Å². The second kappa shape index (κ2) is 10.2. The van der Waals surface area contributed by atoms with E-state index in [-0.39, 0.29) is 10.8 Å². The molecule has 27 heavy (non-hydrogen) atoms. The largest absolute Gasteiger partial charge is 0.351 e. The molecule has 0 bridgehead atoms. The molecule has 1 atom stereocenters. The highest BCUT2D eigenvalue weighted by Crippen LogP contribution is 2.19. The van der Waals surface area contributed by atoms with Crippen LogP contribution in [0.4, 0.5) is 0 Å². The van der Waals surface area contributed by atoms with Crippen molar-refractivity contribution in [1.82, 2.24) is 14.5 Å². The van der Waals surface area contributed by atoms with Crippen molar-refractivity contribution in [2.45, 2.75) is 57.4 Å². The van der Waals surface area contributed by atoms with Crippen LogP contribution in [-0.4, -0.2) is 62.3 Å². The summed E-state index contributed by atoms with van der Waals surface area (Å²) in [6, 6.07) is 6.91. The summed E-state index contributed by atoms with van der Waals surface area (Å²) in [4.78, 5) is 15.1. The lowest BCUT2D eigenvalue weighted by Gasteiger charge is -2.35. The Morgan fingerprint density at radius 3 is 2.63 bits per heavy atom. The molecular weight excluding hydrogens is 362 g/mol. The zero-order chi connectivity index (χ0) is 19.9. The molecule has 0 aliphatic carbocycles. The zero-order valence-corrected chi connectivity index (χ0v) is 17.6. The van der Waals surface area contributed by atoms with Crippen molar-refractivity contribution in [2.75, 3.05) is 32.7 Å². The molecule has 0 radical (unpaired) electrons. The smallest absolute Gasteiger partial charge is 0.251 e. The first-order chi connectivity index (χ1) is 12.9. The van der Waals surface area contributed by atoms with Crippen LogP contribution < -0.4 is 5.32 Å². The molecular formula is C20H33N3O3S. The van der Waals surface area contributed by atoms with E-state index >= 15 is 0 Å². The van der Waals surface area contributed by atoms with E-state index in [0.717, 1.165) is 19.5 Å². The highest BCUT2D eigenvalue weighted by Gasteiger charge is 2.23. The number of piperidine rings is 1. The fourth-order valence-corrected chi connectivity index (χ4v) is 5.25. The van der Waals surface area contributed by atoms with Crippen LogP contribution in [0.25, 0.3) is 0 Å². The number of benzene rings is 1. The molecule has 1 aliphatic rings. The van der Waals surface area contributed by atoms with Gasteiger partial charge in [0.1, 0.15) is 0 Å². The Morgan fingerprint density at radius 2 is 1.96 bits per heavy atom. The summed E-state index contributed by atoms with van der Waals surface area (Å²) in [6.45, 7) is 9.14. The van der Waals surface area contributed by atoms with Gasteiger partial charge >= 0.3 is 0 Å². The normalized spacial score (nSPS) is 18.6. The molecule has 1 saturated heterocycles. The Labute approximate surface area is 164 Å². The van der Waals surface area contributed by atoms with Gasteiger partial charge in [-0.25, -0.2) is 8.42 Å². The Hall–Kier alpha value is -1.44. The predicted molar refractivity (Wildman–Crippen MR) is 108 cm³/mol. The van der Waals surface area contributed by atoms with Gasteiger partial charge in [0.05, 0.1) is 4.90 Å². The van der Waals surface area contributed by atoms with Gasteiger partial charge in [0.2, 0.25) is 10.0 Å². The summed E-state index contributed by atoms with van der Waals surface area (Å²) in [6.07, 6.45) is 4.87. The summed E-state index contributed by atoms with van der Waals surface area (Å²) >= 11 is 0. The topological polar surface area (TPSA) is 69.7 Å². The minimum Gasteiger partial charge on any atom is -0.351 e. The number of carbonyl (C=O) groups excluding carboxylic acids is 1. The number of likely N-dealkylation sites (tertiary alicyclic amines) is 1. The van der Waals surface area contributed by atoms with Crippen LogP contribution in [0.3, 0.4) is 0 Å². The Bertz CT molecular complexity index is 717. The molecule has 1 unspecified atom stereocenters. The van der Waals surface area contributed by atoms with E-state index in [2.05, 4.69) is 17.1 Å². The first-order valence-corrected chi connectivity index (χ1v) is 11.5. The predicted octanol–water partition coefficient (Wildman–Crippen LogP) is 2.71. The molecule has 1 aliphatic heterocycles. The maximum Gasteiger partial charge on any atom is 0.251 e. The standard InChI is InChI=1S/C20H33N3O3S/c1-4-18-11-7-8-14-22(18)15-13-21-20(24)17-10-9-12-19(16-17)27(25,26)23(5-2)6-3/h9-10,12,16,18H,4-8,11,13-15H2,1-3H3,(H,21,24). The van der Waals surface area contributed by atoms with Crippen LogP contribution >= 0.6 is 0 Å². The van der Waals surface area contributed by atoms with Crippen molar-refractivity contribution >= 4 is 15.9 Å². The van der Waals surface area contributed by atoms with E-state index in [9.17, 15) is 13.2 Å². The Morgan fingerprint density at radius 1 is 1.22 bits per heavy atom. The quantitative estimate of drug-likeness (QED) is 0.698. The molecule has 1 aromatic carbocycles. The van der Waals surface area contributed by atoms with Crippen molar-refractivity contribution in [3.63, 3.8) is 0 Å². The Kier molecular flexibility index (Phi) is 8.26. The van der Waals surface area contributed by atoms with Gasteiger partial charge in [-0.2, -0.15) is 4.31 Å². The molecule has 1 fully saturated rings. The van der Waals surface area contributed by atoms with Crippen molar-refractivity contribution in [1.29, 1.82) is 0 Å². The van der Waals surface area contributed by atoms with Gasteiger partial charge in [-0.3, -0.25) is 9.69 Å². The number of carbonyl (C=O) groups is 1. The summed E-state index contributed by atoms with van der Waals surface area (Å²) in [7, 11) is -3.56. The molecule has 6 nitrogen and oxygen atoms in total. The van der Waals surface area contributed by atoms with Crippen LogP contribution in [0.15, 0.2) is 29.2 Å². The molecule has 7 heteroatoms. The molecule has 0 saturated carbocycles. The van der Waals surface area contributed by atoms with E-state index in [1.165, 1.54) is 29.6 Å². The molecule has 1 heterocycles. The first-order valence-electron chi connectivity index (χ1n) is 10.1. The lowest BCUT2D eigenvalue weighted by Crippen LogP contribution is -2.43. The lowest BCUT2D eigenvalue weighted by molar-refractivity contribution is 0.0934. The van der Waals surface area contributed by atoms with Crippen molar-refractivity contribution < 1.29 is 13.2 Å². The fraction of sp³-hybridized carbons (Fsp3) is 0.650. The van der Waals surface area contributed by atoms with Crippen LogP contribution in [0.5, 0.6) is 0 Å². The molecule has 0 aromatic heterocycles. The highest BCUT2D eigenvalue weighted by atomic mass is 32.2. The lowest BCUT2D eigenvalue weighted by atomic mass is 10.0. The van der Waals surface area contributed by atoms with E-state index in [1.54, 1.807) is 18.2 Å². The molecule has 1 N–H and O–H groups in total. The maximum atomic E-state index is 12.6. The summed E-state index contributed by atoms with van der Waals surface area (Å²) in [5, 5.41) is 2.94. The van der Waals surface area contributed by atoms with E-state index in [1.807, 2.05) is 13.8 Å². The van der Waals surface area contributed by atoms with Gasteiger partial charge < -0.3 is 5.32 Å². The third-order valence-electron chi connectivity index (χ3n) is 5.34. The number of nitrogens with zero attached hydrogens (tertiary/aromatic N) is 2. The maximum absolute atomic E-state index is 12.6. The van der Waals surface area contributed by atoms with E-state index in [0.29, 0.717) is 31.2 Å². The number of hydrogen-bond donors (Lipinski definition) is 1. The fourth-order valence-electron chi connectivity index (χ4n) is 3.74. The second-order valence-corrected chi connectivity index (χ2v) is 8.90. The van der Waals surface area contributed by atoms with Gasteiger partial charge in [-0.15, -0.1) is 0 Å². The van der Waals surface area contributed by atoms with Gasteiger partial charge in [0.25, 0.3) is 5.91 Å². The molecule has 1 amide bonds. The average molecular weight is 396 g/mol. The second-order valence-electron chi connectivity index (χ2n) is 6.97. The molecule has 152 valence electrons.